The van der Waals surface area contributed by atoms with E-state index in [0.29, 0.717) is 5.76 Å². The highest BCUT2D eigenvalue weighted by atomic mass is 16.4. The molecule has 1 aromatic rings. The maximum Gasteiger partial charge on any atom is 0.129 e. The summed E-state index contributed by atoms with van der Waals surface area (Å²) in [7, 11) is 4.17. The van der Waals surface area contributed by atoms with Gasteiger partial charge in [-0.25, -0.2) is 0 Å². The molecule has 0 aromatic carbocycles. The first-order valence-corrected chi connectivity index (χ1v) is 6.21. The van der Waals surface area contributed by atoms with Crippen LogP contribution in [0.1, 0.15) is 24.9 Å². The van der Waals surface area contributed by atoms with Crippen molar-refractivity contribution in [3.63, 3.8) is 0 Å². The summed E-state index contributed by atoms with van der Waals surface area (Å²) in [4.78, 5) is 4.56. The van der Waals surface area contributed by atoms with Gasteiger partial charge in [-0.05, 0) is 39.2 Å². The monoisotopic (exact) mass is 240 g/mol. The van der Waals surface area contributed by atoms with Gasteiger partial charge in [-0.3, -0.25) is 4.90 Å². The zero-order valence-electron chi connectivity index (χ0n) is 11.1. The number of hydrogen-bond acceptors (Lipinski definition) is 4. The SMILES string of the molecule is CCCN(CCN(C)C)Cc1ccc(CO)o1. The zero-order valence-corrected chi connectivity index (χ0v) is 11.1. The van der Waals surface area contributed by atoms with Gasteiger partial charge in [-0.15, -0.1) is 0 Å². The third kappa shape index (κ3) is 5.35. The van der Waals surface area contributed by atoms with Crippen molar-refractivity contribution < 1.29 is 9.52 Å². The van der Waals surface area contributed by atoms with Gasteiger partial charge in [0, 0.05) is 13.1 Å². The Labute approximate surface area is 104 Å². The Balaban J connectivity index is 2.47. The number of hydrogen-bond donors (Lipinski definition) is 1. The van der Waals surface area contributed by atoms with E-state index in [9.17, 15) is 0 Å². The van der Waals surface area contributed by atoms with Crippen molar-refractivity contribution in [1.29, 1.82) is 0 Å². The van der Waals surface area contributed by atoms with Crippen LogP contribution in [0.15, 0.2) is 16.5 Å². The fraction of sp³-hybridized carbons (Fsp3) is 0.692. The lowest BCUT2D eigenvalue weighted by molar-refractivity contribution is 0.205. The van der Waals surface area contributed by atoms with Gasteiger partial charge in [0.2, 0.25) is 0 Å². The predicted octanol–water partition coefficient (Wildman–Crippen LogP) is 1.55. The molecule has 0 fully saturated rings. The van der Waals surface area contributed by atoms with Gasteiger partial charge in [-0.2, -0.15) is 0 Å². The highest BCUT2D eigenvalue weighted by molar-refractivity contribution is 5.06. The maximum absolute atomic E-state index is 8.95. The summed E-state index contributed by atoms with van der Waals surface area (Å²) >= 11 is 0. The number of likely N-dealkylation sites (N-methyl/N-ethyl adjacent to an activating group) is 1. The molecule has 0 radical (unpaired) electrons. The van der Waals surface area contributed by atoms with Gasteiger partial charge in [0.1, 0.15) is 18.1 Å². The Hall–Kier alpha value is -0.840. The number of rotatable bonds is 8. The molecule has 0 aliphatic carbocycles. The van der Waals surface area contributed by atoms with Crippen LogP contribution in [-0.2, 0) is 13.2 Å². The molecular formula is C13H24N2O2. The maximum atomic E-state index is 8.95. The normalized spacial score (nSPS) is 11.6. The van der Waals surface area contributed by atoms with Gasteiger partial charge in [0.25, 0.3) is 0 Å². The van der Waals surface area contributed by atoms with Crippen molar-refractivity contribution in [2.24, 2.45) is 0 Å². The standard InChI is InChI=1S/C13H24N2O2/c1-4-7-15(9-8-14(2)3)10-12-5-6-13(11-16)17-12/h5-6,16H,4,7-11H2,1-3H3. The molecule has 0 spiro atoms. The molecule has 1 N–H and O–H groups in total. The summed E-state index contributed by atoms with van der Waals surface area (Å²) in [6, 6.07) is 3.79. The van der Waals surface area contributed by atoms with Crippen molar-refractivity contribution >= 4 is 0 Å². The molecule has 1 rings (SSSR count). The Morgan fingerprint density at radius 1 is 1.12 bits per heavy atom. The zero-order chi connectivity index (χ0) is 12.7. The highest BCUT2D eigenvalue weighted by Gasteiger charge is 2.08. The Morgan fingerprint density at radius 2 is 1.82 bits per heavy atom. The van der Waals surface area contributed by atoms with E-state index in [2.05, 4.69) is 30.8 Å². The van der Waals surface area contributed by atoms with Crippen LogP contribution in [0.4, 0.5) is 0 Å². The van der Waals surface area contributed by atoms with E-state index < -0.39 is 0 Å². The summed E-state index contributed by atoms with van der Waals surface area (Å²) in [5, 5.41) is 8.95. The second kappa shape index (κ2) is 7.48. The van der Waals surface area contributed by atoms with Crippen LogP contribution in [0, 0.1) is 0 Å². The summed E-state index contributed by atoms with van der Waals surface area (Å²) in [5.74, 6) is 1.57. The lowest BCUT2D eigenvalue weighted by Gasteiger charge is -2.22. The van der Waals surface area contributed by atoms with Crippen molar-refractivity contribution in [1.82, 2.24) is 9.80 Å². The second-order valence-electron chi connectivity index (χ2n) is 4.61. The number of aliphatic hydroxyl groups excluding tert-OH is 1. The van der Waals surface area contributed by atoms with Crippen LogP contribution in [0.25, 0.3) is 0 Å². The second-order valence-corrected chi connectivity index (χ2v) is 4.61. The molecule has 0 bridgehead atoms. The summed E-state index contributed by atoms with van der Waals surface area (Å²) in [6.45, 7) is 6.14. The van der Waals surface area contributed by atoms with Crippen LogP contribution in [-0.4, -0.2) is 48.6 Å². The van der Waals surface area contributed by atoms with Gasteiger partial charge >= 0.3 is 0 Å². The Kier molecular flexibility index (Phi) is 6.26. The van der Waals surface area contributed by atoms with Crippen LogP contribution < -0.4 is 0 Å². The lowest BCUT2D eigenvalue weighted by Crippen LogP contribution is -2.31. The third-order valence-corrected chi connectivity index (χ3v) is 2.66. The van der Waals surface area contributed by atoms with Crippen LogP contribution in [0.3, 0.4) is 0 Å². The third-order valence-electron chi connectivity index (χ3n) is 2.66. The smallest absolute Gasteiger partial charge is 0.129 e. The van der Waals surface area contributed by atoms with E-state index in [1.54, 1.807) is 0 Å². The fourth-order valence-electron chi connectivity index (χ4n) is 1.74. The quantitative estimate of drug-likeness (QED) is 0.748. The summed E-state index contributed by atoms with van der Waals surface area (Å²) in [5.41, 5.74) is 0. The molecule has 0 unspecified atom stereocenters. The van der Waals surface area contributed by atoms with E-state index in [4.69, 9.17) is 9.52 Å². The number of aliphatic hydroxyl groups is 1. The van der Waals surface area contributed by atoms with Crippen LogP contribution in [0.5, 0.6) is 0 Å². The van der Waals surface area contributed by atoms with Gasteiger partial charge < -0.3 is 14.4 Å². The van der Waals surface area contributed by atoms with Gasteiger partial charge in [0.05, 0.1) is 6.54 Å². The van der Waals surface area contributed by atoms with E-state index >= 15 is 0 Å². The number of nitrogens with zero attached hydrogens (tertiary/aromatic N) is 2. The van der Waals surface area contributed by atoms with Crippen molar-refractivity contribution in [2.75, 3.05) is 33.7 Å². The van der Waals surface area contributed by atoms with E-state index in [1.807, 2.05) is 12.1 Å². The lowest BCUT2D eigenvalue weighted by atomic mass is 10.3. The minimum Gasteiger partial charge on any atom is -0.462 e. The summed E-state index contributed by atoms with van der Waals surface area (Å²) in [6.07, 6.45) is 1.14. The van der Waals surface area contributed by atoms with Crippen molar-refractivity contribution in [3.8, 4) is 0 Å². The van der Waals surface area contributed by atoms with Crippen LogP contribution >= 0.6 is 0 Å². The van der Waals surface area contributed by atoms with Crippen molar-refractivity contribution in [3.05, 3.63) is 23.7 Å². The minimum atomic E-state index is -0.0223. The highest BCUT2D eigenvalue weighted by Crippen LogP contribution is 2.10. The molecule has 1 aromatic heterocycles. The largest absolute Gasteiger partial charge is 0.462 e. The van der Waals surface area contributed by atoms with Crippen molar-refractivity contribution in [2.45, 2.75) is 26.5 Å². The topological polar surface area (TPSA) is 39.9 Å². The fourth-order valence-corrected chi connectivity index (χ4v) is 1.74. The Morgan fingerprint density at radius 3 is 2.35 bits per heavy atom. The van der Waals surface area contributed by atoms with Gasteiger partial charge in [0.15, 0.2) is 0 Å². The molecule has 4 nitrogen and oxygen atoms in total. The van der Waals surface area contributed by atoms with E-state index in [-0.39, 0.29) is 6.61 Å². The first kappa shape index (κ1) is 14.2. The van der Waals surface area contributed by atoms with E-state index in [0.717, 1.165) is 38.4 Å². The average Bonchev–Trinajstić information content (AvgIpc) is 2.74. The first-order chi connectivity index (χ1) is 8.15. The molecule has 17 heavy (non-hydrogen) atoms. The molecule has 0 saturated carbocycles. The first-order valence-electron chi connectivity index (χ1n) is 6.21. The van der Waals surface area contributed by atoms with Crippen LogP contribution in [0.2, 0.25) is 0 Å². The molecule has 0 aliphatic rings. The Bertz CT molecular complexity index is 310. The summed E-state index contributed by atoms with van der Waals surface area (Å²) < 4.78 is 5.51. The molecule has 0 amide bonds. The predicted molar refractivity (Wildman–Crippen MR) is 68.8 cm³/mol. The molecule has 4 heteroatoms. The molecular weight excluding hydrogens is 216 g/mol. The molecule has 98 valence electrons. The van der Waals surface area contributed by atoms with E-state index in [1.165, 1.54) is 0 Å². The molecule has 0 saturated heterocycles. The average molecular weight is 240 g/mol. The molecule has 1 heterocycles. The number of furan rings is 1. The minimum absolute atomic E-state index is 0.0223. The molecule has 0 aliphatic heterocycles. The van der Waals surface area contributed by atoms with Gasteiger partial charge in [-0.1, -0.05) is 6.92 Å². The molecule has 0 atom stereocenters.